The molecule has 0 aliphatic carbocycles. The Morgan fingerprint density at radius 3 is 0.714 bits per heavy atom. The molecule has 0 saturated carbocycles. The Kier molecular flexibility index (Phi) is 6.41. The summed E-state index contributed by atoms with van der Waals surface area (Å²) in [6.45, 7) is 22.7. The number of rotatable bonds is 3. The normalized spacial score (nSPS) is 14.1. The van der Waals surface area contributed by atoms with E-state index in [0.717, 1.165) is 0 Å². The van der Waals surface area contributed by atoms with Crippen LogP contribution < -0.4 is 0 Å². The first-order chi connectivity index (χ1) is 5.37. The van der Waals surface area contributed by atoms with E-state index in [4.69, 9.17) is 0 Å². The molecule has 0 aliphatic heterocycles. The Morgan fingerprint density at radius 1 is 0.571 bits per heavy atom. The van der Waals surface area contributed by atoms with Crippen LogP contribution in [0.2, 0.25) is 58.9 Å². The van der Waals surface area contributed by atoms with Gasteiger partial charge in [0.15, 0.2) is 0 Å². The molecule has 0 aromatic rings. The van der Waals surface area contributed by atoms with Crippen molar-refractivity contribution in [1.82, 2.24) is 0 Å². The standard InChI is InChI=1S/C10H27Si3.Ga.2H2/c1-11(2,3)10(12(4,5)6)13(7,8)9;;;/h1-9H3;;2*1H. The Balaban J connectivity index is -0.000000240. The maximum atomic E-state index is 2.53. The van der Waals surface area contributed by atoms with Gasteiger partial charge in [0.1, 0.15) is 0 Å². The molecule has 0 fully saturated rings. The van der Waals surface area contributed by atoms with Gasteiger partial charge in [0.2, 0.25) is 0 Å². The maximum absolute atomic E-state index is 2.53. The van der Waals surface area contributed by atoms with Gasteiger partial charge in [-0.05, 0) is 4.79 Å². The van der Waals surface area contributed by atoms with E-state index in [0.29, 0.717) is 0 Å². The fourth-order valence-corrected chi connectivity index (χ4v) is 30.4. The van der Waals surface area contributed by atoms with Crippen molar-refractivity contribution in [3.05, 3.63) is 4.79 Å². The SMILES string of the molecule is C[Si](C)(C)[C]([Si](C)(C)C)[Si](C)(C)C.[Ga].[HH].[HH]. The van der Waals surface area contributed by atoms with Gasteiger partial charge in [-0.3, -0.25) is 0 Å². The van der Waals surface area contributed by atoms with Gasteiger partial charge in [-0.25, -0.2) is 0 Å². The second kappa shape index (κ2) is 5.08. The van der Waals surface area contributed by atoms with Crippen molar-refractivity contribution in [3.8, 4) is 0 Å². The fourth-order valence-electron chi connectivity index (χ4n) is 3.38. The van der Waals surface area contributed by atoms with E-state index in [1.165, 1.54) is 0 Å². The van der Waals surface area contributed by atoms with Crippen LogP contribution in [0.4, 0.5) is 0 Å². The van der Waals surface area contributed by atoms with E-state index in [-0.39, 0.29) is 22.6 Å². The molecule has 0 atom stereocenters. The summed E-state index contributed by atoms with van der Waals surface area (Å²) < 4.78 is 0. The van der Waals surface area contributed by atoms with Gasteiger partial charge in [0, 0.05) is 46.9 Å². The van der Waals surface area contributed by atoms with Crippen molar-refractivity contribution in [2.75, 3.05) is 0 Å². The summed E-state index contributed by atoms with van der Waals surface area (Å²) in [5.74, 6) is 0. The molecular formula is C10H31GaSi3. The Bertz CT molecular complexity index is 147. The van der Waals surface area contributed by atoms with E-state index in [1.807, 2.05) is 0 Å². The first-order valence-corrected chi connectivity index (χ1v) is 15.8. The minimum absolute atomic E-state index is 0. The molecule has 0 amide bonds. The van der Waals surface area contributed by atoms with E-state index in [1.54, 1.807) is 0 Å². The summed E-state index contributed by atoms with van der Waals surface area (Å²) in [6, 6.07) is 0. The monoisotopic (exact) mass is 304 g/mol. The molecule has 0 unspecified atom stereocenters. The summed E-state index contributed by atoms with van der Waals surface area (Å²) in [5, 5.41) is 0. The van der Waals surface area contributed by atoms with E-state index in [9.17, 15) is 0 Å². The molecule has 14 heavy (non-hydrogen) atoms. The zero-order valence-corrected chi connectivity index (χ0v) is 17.0. The molecule has 0 bridgehead atoms. The Morgan fingerprint density at radius 2 is 0.714 bits per heavy atom. The van der Waals surface area contributed by atoms with Crippen LogP contribution in [-0.2, 0) is 0 Å². The van der Waals surface area contributed by atoms with Crippen LogP contribution in [0.5, 0.6) is 0 Å². The number of hydrogen-bond acceptors (Lipinski definition) is 0. The molecule has 0 aromatic heterocycles. The second-order valence-electron chi connectivity index (χ2n) is 7.12. The van der Waals surface area contributed by atoms with E-state index >= 15 is 0 Å². The van der Waals surface area contributed by atoms with Crippen molar-refractivity contribution >= 4 is 44.0 Å². The summed E-state index contributed by atoms with van der Waals surface area (Å²) in [7, 11) is -3.05. The summed E-state index contributed by atoms with van der Waals surface area (Å²) in [5.41, 5.74) is 0. The number of hydrogen-bond donors (Lipinski definition) is 0. The smallest absolute Gasteiger partial charge is 0.0449 e. The van der Waals surface area contributed by atoms with Crippen LogP contribution in [0.25, 0.3) is 0 Å². The van der Waals surface area contributed by atoms with Crippen LogP contribution in [-0.4, -0.2) is 44.0 Å². The predicted molar refractivity (Wildman–Crippen MR) is 83.3 cm³/mol. The second-order valence-corrected chi connectivity index (χ2v) is 23.6. The molecule has 4 heteroatoms. The van der Waals surface area contributed by atoms with E-state index < -0.39 is 24.2 Å². The topological polar surface area (TPSA) is 0 Å². The molecule has 4 radical (unpaired) electrons. The zero-order chi connectivity index (χ0) is 11.1. The van der Waals surface area contributed by atoms with Crippen LogP contribution in [0, 0.1) is 4.79 Å². The molecular weight excluding hydrogens is 274 g/mol. The molecule has 0 aromatic carbocycles. The van der Waals surface area contributed by atoms with Crippen molar-refractivity contribution in [1.29, 1.82) is 0 Å². The van der Waals surface area contributed by atoms with Crippen LogP contribution in [0.3, 0.4) is 0 Å². The summed E-state index contributed by atoms with van der Waals surface area (Å²) in [4.78, 5) is 2.06. The molecule has 0 aliphatic rings. The van der Waals surface area contributed by atoms with Crippen molar-refractivity contribution in [2.24, 2.45) is 0 Å². The van der Waals surface area contributed by atoms with Gasteiger partial charge < -0.3 is 0 Å². The van der Waals surface area contributed by atoms with Gasteiger partial charge >= 0.3 is 0 Å². The molecule has 86 valence electrons. The third-order valence-corrected chi connectivity index (χ3v) is 20.2. The van der Waals surface area contributed by atoms with Crippen LogP contribution in [0.1, 0.15) is 2.85 Å². The van der Waals surface area contributed by atoms with E-state index in [2.05, 4.69) is 63.7 Å². The Hall–Kier alpha value is 1.29. The summed E-state index contributed by atoms with van der Waals surface area (Å²) in [6.07, 6.45) is 0. The van der Waals surface area contributed by atoms with Gasteiger partial charge in [-0.1, -0.05) is 58.9 Å². The molecule has 0 heterocycles. The molecule has 0 N–H and O–H groups in total. The summed E-state index contributed by atoms with van der Waals surface area (Å²) >= 11 is 0. The van der Waals surface area contributed by atoms with Gasteiger partial charge in [0.05, 0.1) is 0 Å². The molecule has 0 nitrogen and oxygen atoms in total. The minimum atomic E-state index is -1.02. The van der Waals surface area contributed by atoms with Gasteiger partial charge in [-0.15, -0.1) is 0 Å². The van der Waals surface area contributed by atoms with Crippen molar-refractivity contribution < 1.29 is 2.85 Å². The first kappa shape index (κ1) is 17.7. The van der Waals surface area contributed by atoms with Gasteiger partial charge in [0.25, 0.3) is 0 Å². The fraction of sp³-hybridized carbons (Fsp3) is 0.900. The molecule has 0 spiro atoms. The quantitative estimate of drug-likeness (QED) is 0.682. The predicted octanol–water partition coefficient (Wildman–Crippen LogP) is 4.30. The third kappa shape index (κ3) is 5.39. The maximum Gasteiger partial charge on any atom is 0.0449 e. The van der Waals surface area contributed by atoms with Crippen LogP contribution >= 0.6 is 0 Å². The van der Waals surface area contributed by atoms with Crippen molar-refractivity contribution in [3.63, 3.8) is 0 Å². The zero-order valence-electron chi connectivity index (χ0n) is 11.6. The van der Waals surface area contributed by atoms with Gasteiger partial charge in [-0.2, -0.15) is 0 Å². The first-order valence-electron chi connectivity index (χ1n) is 5.25. The van der Waals surface area contributed by atoms with Crippen LogP contribution in [0.15, 0.2) is 0 Å². The molecule has 0 saturated heterocycles. The largest absolute Gasteiger partial charge is 0.0696 e. The average Bonchev–Trinajstić information content (AvgIpc) is 1.44. The Labute approximate surface area is 110 Å². The average molecular weight is 305 g/mol. The third-order valence-electron chi connectivity index (χ3n) is 2.25. The minimum Gasteiger partial charge on any atom is -0.0696 e. The molecule has 0 rings (SSSR count). The van der Waals surface area contributed by atoms with Crippen molar-refractivity contribution in [2.45, 2.75) is 58.9 Å².